The van der Waals surface area contributed by atoms with Crippen LogP contribution in [-0.4, -0.2) is 32.3 Å². The highest BCUT2D eigenvalue weighted by Gasteiger charge is 2.13. The van der Waals surface area contributed by atoms with Gasteiger partial charge in [-0.15, -0.1) is 0 Å². The first-order valence-corrected chi connectivity index (χ1v) is 9.99. The highest BCUT2D eigenvalue weighted by atomic mass is 35.5. The molecule has 3 aromatic rings. The number of esters is 1. The van der Waals surface area contributed by atoms with E-state index in [0.717, 1.165) is 0 Å². The number of hydrogen-bond acceptors (Lipinski definition) is 6. The molecule has 0 aliphatic rings. The van der Waals surface area contributed by atoms with Crippen molar-refractivity contribution in [1.82, 2.24) is 5.43 Å². The van der Waals surface area contributed by atoms with Gasteiger partial charge in [0.05, 0.1) is 36.0 Å². The predicted molar refractivity (Wildman–Crippen MR) is 122 cm³/mol. The quantitative estimate of drug-likeness (QED) is 0.226. The van der Waals surface area contributed by atoms with Crippen LogP contribution in [0.15, 0.2) is 65.8 Å². The van der Waals surface area contributed by atoms with Crippen molar-refractivity contribution in [2.45, 2.75) is 0 Å². The summed E-state index contributed by atoms with van der Waals surface area (Å²) in [6, 6.07) is 15.9. The van der Waals surface area contributed by atoms with Crippen LogP contribution in [0.25, 0.3) is 0 Å². The minimum absolute atomic E-state index is 0.202. The van der Waals surface area contributed by atoms with Crippen LogP contribution < -0.4 is 19.6 Å². The highest BCUT2D eigenvalue weighted by molar-refractivity contribution is 6.42. The number of ether oxygens (including phenoxy) is 3. The Morgan fingerprint density at radius 2 is 1.56 bits per heavy atom. The second-order valence-corrected chi connectivity index (χ2v) is 7.17. The lowest BCUT2D eigenvalue weighted by atomic mass is 10.2. The fraction of sp³-hybridized carbons (Fsp3) is 0.0870. The molecule has 0 aliphatic heterocycles. The third-order valence-electron chi connectivity index (χ3n) is 4.28. The SMILES string of the molecule is COc1ccc(C(=O)Oc2cc(/C=N\NC(=O)c3ccc(Cl)c(Cl)c3)ccc2OC)cc1. The van der Waals surface area contributed by atoms with Gasteiger partial charge >= 0.3 is 5.97 Å². The van der Waals surface area contributed by atoms with Gasteiger partial charge in [-0.3, -0.25) is 4.79 Å². The smallest absolute Gasteiger partial charge is 0.343 e. The van der Waals surface area contributed by atoms with Crippen molar-refractivity contribution < 1.29 is 23.8 Å². The lowest BCUT2D eigenvalue weighted by Gasteiger charge is -2.10. The van der Waals surface area contributed by atoms with E-state index in [1.54, 1.807) is 42.5 Å². The molecular weight excluding hydrogens is 455 g/mol. The molecule has 0 atom stereocenters. The summed E-state index contributed by atoms with van der Waals surface area (Å²) in [6.07, 6.45) is 1.40. The van der Waals surface area contributed by atoms with E-state index in [4.69, 9.17) is 37.4 Å². The van der Waals surface area contributed by atoms with Gasteiger partial charge in [-0.2, -0.15) is 5.10 Å². The number of nitrogens with zero attached hydrogens (tertiary/aromatic N) is 1. The lowest BCUT2D eigenvalue weighted by Crippen LogP contribution is -2.17. The molecule has 1 N–H and O–H groups in total. The summed E-state index contributed by atoms with van der Waals surface area (Å²) in [7, 11) is 3.00. The number of hydrogen-bond donors (Lipinski definition) is 1. The van der Waals surface area contributed by atoms with E-state index in [9.17, 15) is 9.59 Å². The molecule has 0 saturated heterocycles. The molecule has 0 aromatic heterocycles. The summed E-state index contributed by atoms with van der Waals surface area (Å²) in [5, 5.41) is 4.54. The Bertz CT molecular complexity index is 1160. The molecule has 0 heterocycles. The van der Waals surface area contributed by atoms with Crippen molar-refractivity contribution in [3.8, 4) is 17.2 Å². The predicted octanol–water partition coefficient (Wildman–Crippen LogP) is 4.99. The van der Waals surface area contributed by atoms with E-state index in [0.29, 0.717) is 33.2 Å². The van der Waals surface area contributed by atoms with E-state index >= 15 is 0 Å². The molecule has 0 aliphatic carbocycles. The van der Waals surface area contributed by atoms with Crippen LogP contribution in [0.3, 0.4) is 0 Å². The molecule has 0 spiro atoms. The van der Waals surface area contributed by atoms with Gasteiger partial charge in [0.1, 0.15) is 5.75 Å². The second kappa shape index (κ2) is 10.7. The van der Waals surface area contributed by atoms with Crippen LogP contribution in [0.4, 0.5) is 0 Å². The monoisotopic (exact) mass is 472 g/mol. The van der Waals surface area contributed by atoms with Crippen molar-refractivity contribution >= 4 is 41.3 Å². The zero-order chi connectivity index (χ0) is 23.1. The summed E-state index contributed by atoms with van der Waals surface area (Å²) in [6.45, 7) is 0. The summed E-state index contributed by atoms with van der Waals surface area (Å²) >= 11 is 11.8. The largest absolute Gasteiger partial charge is 0.497 e. The maximum absolute atomic E-state index is 12.5. The van der Waals surface area contributed by atoms with Crippen LogP contribution >= 0.6 is 23.2 Å². The maximum atomic E-state index is 12.5. The van der Waals surface area contributed by atoms with Gasteiger partial charge in [0.25, 0.3) is 5.91 Å². The molecule has 7 nitrogen and oxygen atoms in total. The van der Waals surface area contributed by atoms with Crippen molar-refractivity contribution in [1.29, 1.82) is 0 Å². The topological polar surface area (TPSA) is 86.2 Å². The normalized spacial score (nSPS) is 10.6. The van der Waals surface area contributed by atoms with E-state index in [1.165, 1.54) is 38.6 Å². The van der Waals surface area contributed by atoms with Gasteiger partial charge in [0, 0.05) is 5.56 Å². The molecule has 0 unspecified atom stereocenters. The molecule has 32 heavy (non-hydrogen) atoms. The molecule has 164 valence electrons. The number of carbonyl (C=O) groups is 2. The molecule has 0 fully saturated rings. The minimum atomic E-state index is -0.562. The van der Waals surface area contributed by atoms with Crippen LogP contribution in [0, 0.1) is 0 Å². The first kappa shape index (κ1) is 23.1. The van der Waals surface area contributed by atoms with Crippen molar-refractivity contribution in [3.63, 3.8) is 0 Å². The zero-order valence-electron chi connectivity index (χ0n) is 17.1. The van der Waals surface area contributed by atoms with Crippen molar-refractivity contribution in [3.05, 3.63) is 87.4 Å². The van der Waals surface area contributed by atoms with Gasteiger partial charge < -0.3 is 14.2 Å². The van der Waals surface area contributed by atoms with E-state index in [2.05, 4.69) is 10.5 Å². The molecule has 0 saturated carbocycles. The molecule has 3 aromatic carbocycles. The van der Waals surface area contributed by atoms with Crippen LogP contribution in [0.1, 0.15) is 26.3 Å². The zero-order valence-corrected chi connectivity index (χ0v) is 18.6. The Kier molecular flexibility index (Phi) is 7.70. The molecule has 3 rings (SSSR count). The number of hydrazone groups is 1. The summed E-state index contributed by atoms with van der Waals surface area (Å²) in [5.41, 5.74) is 3.62. The third-order valence-corrected chi connectivity index (χ3v) is 5.02. The molecule has 0 bridgehead atoms. The van der Waals surface area contributed by atoms with E-state index in [1.807, 2.05) is 0 Å². The van der Waals surface area contributed by atoms with Gasteiger partial charge in [-0.05, 0) is 66.2 Å². The number of benzene rings is 3. The Morgan fingerprint density at radius 1 is 0.844 bits per heavy atom. The average Bonchev–Trinajstić information content (AvgIpc) is 2.81. The number of nitrogens with one attached hydrogen (secondary N) is 1. The number of halogens is 2. The van der Waals surface area contributed by atoms with Gasteiger partial charge in [0.15, 0.2) is 11.5 Å². The fourth-order valence-electron chi connectivity index (χ4n) is 2.61. The van der Waals surface area contributed by atoms with E-state index < -0.39 is 11.9 Å². The average molecular weight is 473 g/mol. The van der Waals surface area contributed by atoms with Crippen LogP contribution in [0.5, 0.6) is 17.2 Å². The van der Waals surface area contributed by atoms with Gasteiger partial charge in [-0.1, -0.05) is 23.2 Å². The second-order valence-electron chi connectivity index (χ2n) is 6.36. The van der Waals surface area contributed by atoms with Crippen LogP contribution in [0.2, 0.25) is 10.0 Å². The van der Waals surface area contributed by atoms with Gasteiger partial charge in [0.2, 0.25) is 0 Å². The number of amides is 1. The highest BCUT2D eigenvalue weighted by Crippen LogP contribution is 2.28. The summed E-state index contributed by atoms with van der Waals surface area (Å²) in [5.74, 6) is 0.171. The third kappa shape index (κ3) is 5.78. The van der Waals surface area contributed by atoms with Gasteiger partial charge in [-0.25, -0.2) is 10.2 Å². The molecule has 9 heteroatoms. The molecule has 1 amide bonds. The minimum Gasteiger partial charge on any atom is -0.497 e. The number of methoxy groups -OCH3 is 2. The fourth-order valence-corrected chi connectivity index (χ4v) is 2.90. The standard InChI is InChI=1S/C23H18Cl2N2O5/c1-30-17-7-4-15(5-8-17)23(29)32-21-11-14(3-10-20(21)31-2)13-26-27-22(28)16-6-9-18(24)19(25)12-16/h3-13H,1-2H3,(H,27,28)/b26-13-. The Labute approximate surface area is 194 Å². The summed E-state index contributed by atoms with van der Waals surface area (Å²) < 4.78 is 15.8. The lowest BCUT2D eigenvalue weighted by molar-refractivity contribution is 0.0729. The molecule has 0 radical (unpaired) electrons. The molecular formula is C23H18Cl2N2O5. The van der Waals surface area contributed by atoms with Crippen LogP contribution in [-0.2, 0) is 0 Å². The Morgan fingerprint density at radius 3 is 2.22 bits per heavy atom. The number of rotatable bonds is 7. The summed E-state index contributed by atoms with van der Waals surface area (Å²) in [4.78, 5) is 24.7. The maximum Gasteiger partial charge on any atom is 0.343 e. The van der Waals surface area contributed by atoms with Crippen molar-refractivity contribution in [2.24, 2.45) is 5.10 Å². The van der Waals surface area contributed by atoms with E-state index in [-0.39, 0.29) is 10.8 Å². The first-order chi connectivity index (χ1) is 15.4. The Hall–Kier alpha value is -3.55. The Balaban J connectivity index is 1.71. The number of carbonyl (C=O) groups excluding carboxylic acids is 2. The van der Waals surface area contributed by atoms with Crippen molar-refractivity contribution in [2.75, 3.05) is 14.2 Å². The first-order valence-electron chi connectivity index (χ1n) is 9.24.